The maximum atomic E-state index is 10.1. The van der Waals surface area contributed by atoms with Crippen LogP contribution in [0.1, 0.15) is 72.1 Å². The molecule has 1 nitrogen and oxygen atoms in total. The van der Waals surface area contributed by atoms with Crippen molar-refractivity contribution < 1.29 is 5.11 Å². The highest BCUT2D eigenvalue weighted by Gasteiger charge is 2.58. The number of aliphatic hydroxyl groups excluding tert-OH is 1. The molecule has 0 aromatic carbocycles. The van der Waals surface area contributed by atoms with Crippen molar-refractivity contribution in [2.24, 2.45) is 34.5 Å². The van der Waals surface area contributed by atoms with Crippen molar-refractivity contribution >= 4 is 0 Å². The number of hydrogen-bond donors (Lipinski definition) is 1. The minimum Gasteiger partial charge on any atom is -0.393 e. The topological polar surface area (TPSA) is 20.2 Å². The third-order valence-electron chi connectivity index (χ3n) is 8.67. The fourth-order valence-electron chi connectivity index (χ4n) is 7.45. The Hall–Kier alpha value is -0.560. The van der Waals surface area contributed by atoms with E-state index in [2.05, 4.69) is 33.4 Å². The first kappa shape index (κ1) is 15.9. The van der Waals surface area contributed by atoms with E-state index >= 15 is 0 Å². The Morgan fingerprint density at radius 2 is 1.91 bits per heavy atom. The van der Waals surface area contributed by atoms with Crippen molar-refractivity contribution in [1.82, 2.24) is 0 Å². The lowest BCUT2D eigenvalue weighted by Crippen LogP contribution is -2.50. The van der Waals surface area contributed by atoms with Crippen LogP contribution in [0.2, 0.25) is 0 Å². The summed E-state index contributed by atoms with van der Waals surface area (Å²) in [4.78, 5) is 0. The van der Waals surface area contributed by atoms with Gasteiger partial charge in [-0.15, -0.1) is 0 Å². The summed E-state index contributed by atoms with van der Waals surface area (Å²) >= 11 is 0. The molecule has 128 valence electrons. The monoisotopic (exact) mass is 314 g/mol. The van der Waals surface area contributed by atoms with Gasteiger partial charge in [0.05, 0.1) is 6.10 Å². The van der Waals surface area contributed by atoms with Crippen LogP contribution in [-0.2, 0) is 0 Å². The van der Waals surface area contributed by atoms with Gasteiger partial charge in [-0.25, -0.2) is 0 Å². The molecule has 0 aliphatic heterocycles. The van der Waals surface area contributed by atoms with Crippen LogP contribution < -0.4 is 0 Å². The van der Waals surface area contributed by atoms with E-state index in [4.69, 9.17) is 0 Å². The maximum absolute atomic E-state index is 10.1. The van der Waals surface area contributed by atoms with Crippen molar-refractivity contribution in [3.63, 3.8) is 0 Å². The van der Waals surface area contributed by atoms with Crippen LogP contribution in [0.25, 0.3) is 0 Å². The Balaban J connectivity index is 1.66. The van der Waals surface area contributed by atoms with E-state index in [1.54, 1.807) is 5.57 Å². The highest BCUT2D eigenvalue weighted by atomic mass is 16.3. The molecule has 7 atom stereocenters. The van der Waals surface area contributed by atoms with Gasteiger partial charge >= 0.3 is 0 Å². The zero-order valence-electron chi connectivity index (χ0n) is 15.3. The normalized spacial score (nSPS) is 52.2. The first-order valence-electron chi connectivity index (χ1n) is 9.89. The molecule has 1 N–H and O–H groups in total. The lowest BCUT2D eigenvalue weighted by molar-refractivity contribution is -0.0453. The van der Waals surface area contributed by atoms with Crippen LogP contribution in [0.3, 0.4) is 0 Å². The van der Waals surface area contributed by atoms with E-state index in [1.165, 1.54) is 44.1 Å². The van der Waals surface area contributed by atoms with Gasteiger partial charge in [0.2, 0.25) is 0 Å². The third kappa shape index (κ3) is 2.15. The molecular weight excluding hydrogens is 280 g/mol. The molecule has 0 radical (unpaired) electrons. The SMILES string of the molecule is C=C(C)C1CC[C@H]2C3CC=C4CC(O)CCC4(C)[C@H]3CC[C@]12C. The zero-order chi connectivity index (χ0) is 16.4. The number of allylic oxidation sites excluding steroid dienone is 2. The molecule has 4 aliphatic rings. The second kappa shape index (κ2) is 5.22. The maximum Gasteiger partial charge on any atom is 0.0577 e. The Labute approximate surface area is 142 Å². The predicted octanol–water partition coefficient (Wildman–Crippen LogP) is 5.50. The molecule has 3 fully saturated rings. The summed E-state index contributed by atoms with van der Waals surface area (Å²) in [6.07, 6.45) is 12.4. The molecule has 0 amide bonds. The first-order chi connectivity index (χ1) is 10.9. The van der Waals surface area contributed by atoms with E-state index in [1.807, 2.05) is 0 Å². The van der Waals surface area contributed by atoms with Crippen LogP contribution >= 0.6 is 0 Å². The number of fused-ring (bicyclic) bond motifs is 5. The molecule has 3 saturated carbocycles. The standard InChI is InChI=1S/C22H34O/c1-14(2)18-7-8-19-17-6-5-15-13-16(23)9-11-21(15,3)20(17)10-12-22(18,19)4/h5,16-20,23H,1,6-13H2,2-4H3/t16?,17?,18?,19-,20-,21?,22+/m0/s1. The summed E-state index contributed by atoms with van der Waals surface area (Å²) in [5.41, 5.74) is 3.90. The smallest absolute Gasteiger partial charge is 0.0577 e. The quantitative estimate of drug-likeness (QED) is 0.633. The van der Waals surface area contributed by atoms with Crippen LogP contribution in [0.4, 0.5) is 0 Å². The van der Waals surface area contributed by atoms with E-state index in [9.17, 15) is 5.11 Å². The summed E-state index contributed by atoms with van der Waals surface area (Å²) in [6.45, 7) is 11.7. The van der Waals surface area contributed by atoms with Crippen molar-refractivity contribution in [2.75, 3.05) is 0 Å². The van der Waals surface area contributed by atoms with E-state index < -0.39 is 0 Å². The number of aliphatic hydroxyl groups is 1. The molecule has 4 aliphatic carbocycles. The van der Waals surface area contributed by atoms with Gasteiger partial charge < -0.3 is 5.11 Å². The Morgan fingerprint density at radius 3 is 2.65 bits per heavy atom. The first-order valence-corrected chi connectivity index (χ1v) is 9.89. The summed E-state index contributed by atoms with van der Waals surface area (Å²) in [5, 5.41) is 10.1. The summed E-state index contributed by atoms with van der Waals surface area (Å²) in [6, 6.07) is 0. The second-order valence-electron chi connectivity index (χ2n) is 9.68. The van der Waals surface area contributed by atoms with Crippen LogP contribution in [0.15, 0.2) is 23.8 Å². The fourth-order valence-corrected chi connectivity index (χ4v) is 7.45. The molecule has 1 heteroatoms. The van der Waals surface area contributed by atoms with Gasteiger partial charge in [0.1, 0.15) is 0 Å². The Bertz CT molecular complexity index is 546. The molecular formula is C22H34O. The molecule has 0 heterocycles. The minimum atomic E-state index is -0.0843. The summed E-state index contributed by atoms with van der Waals surface area (Å²) in [5.74, 6) is 3.38. The highest BCUT2D eigenvalue weighted by molar-refractivity contribution is 5.26. The van der Waals surface area contributed by atoms with E-state index in [0.717, 1.165) is 36.5 Å². The van der Waals surface area contributed by atoms with Gasteiger partial charge in [0.15, 0.2) is 0 Å². The fraction of sp³-hybridized carbons (Fsp3) is 0.818. The largest absolute Gasteiger partial charge is 0.393 e. The average molecular weight is 315 g/mol. The molecule has 0 bridgehead atoms. The molecule has 4 rings (SSSR count). The van der Waals surface area contributed by atoms with Gasteiger partial charge in [0, 0.05) is 0 Å². The predicted molar refractivity (Wildman–Crippen MR) is 96.0 cm³/mol. The highest BCUT2D eigenvalue weighted by Crippen LogP contribution is 2.66. The van der Waals surface area contributed by atoms with Gasteiger partial charge in [-0.1, -0.05) is 37.6 Å². The molecule has 4 unspecified atom stereocenters. The van der Waals surface area contributed by atoms with E-state index in [-0.39, 0.29) is 6.10 Å². The summed E-state index contributed by atoms with van der Waals surface area (Å²) < 4.78 is 0. The average Bonchev–Trinajstić information content (AvgIpc) is 2.85. The van der Waals surface area contributed by atoms with Crippen LogP contribution in [-0.4, -0.2) is 11.2 Å². The molecule has 0 spiro atoms. The third-order valence-corrected chi connectivity index (χ3v) is 8.67. The van der Waals surface area contributed by atoms with Gasteiger partial charge in [-0.2, -0.15) is 0 Å². The Morgan fingerprint density at radius 1 is 1.13 bits per heavy atom. The minimum absolute atomic E-state index is 0.0843. The summed E-state index contributed by atoms with van der Waals surface area (Å²) in [7, 11) is 0. The zero-order valence-corrected chi connectivity index (χ0v) is 15.3. The van der Waals surface area contributed by atoms with Gasteiger partial charge in [0.25, 0.3) is 0 Å². The molecule has 23 heavy (non-hydrogen) atoms. The van der Waals surface area contributed by atoms with Gasteiger partial charge in [-0.3, -0.25) is 0 Å². The number of rotatable bonds is 1. The van der Waals surface area contributed by atoms with E-state index in [0.29, 0.717) is 10.8 Å². The van der Waals surface area contributed by atoms with Crippen LogP contribution in [0, 0.1) is 34.5 Å². The van der Waals surface area contributed by atoms with Crippen molar-refractivity contribution in [3.8, 4) is 0 Å². The van der Waals surface area contributed by atoms with Crippen molar-refractivity contribution in [1.29, 1.82) is 0 Å². The van der Waals surface area contributed by atoms with Gasteiger partial charge in [-0.05, 0) is 92.8 Å². The van der Waals surface area contributed by atoms with Crippen LogP contribution in [0.5, 0.6) is 0 Å². The number of hydrogen-bond acceptors (Lipinski definition) is 1. The molecule has 0 saturated heterocycles. The second-order valence-corrected chi connectivity index (χ2v) is 9.68. The molecule has 0 aromatic heterocycles. The van der Waals surface area contributed by atoms with Crippen molar-refractivity contribution in [3.05, 3.63) is 23.8 Å². The molecule has 0 aromatic rings. The Kier molecular flexibility index (Phi) is 3.61. The van der Waals surface area contributed by atoms with Crippen molar-refractivity contribution in [2.45, 2.75) is 78.2 Å². The lowest BCUT2D eigenvalue weighted by atomic mass is 9.47. The lowest BCUT2D eigenvalue weighted by Gasteiger charge is -2.58.